The molecule has 1 N–H and O–H groups in total. The lowest BCUT2D eigenvalue weighted by Crippen LogP contribution is -2.28. The highest BCUT2D eigenvalue weighted by Gasteiger charge is 2.18. The van der Waals surface area contributed by atoms with Gasteiger partial charge in [0.2, 0.25) is 0 Å². The Morgan fingerprint density at radius 2 is 1.45 bits per heavy atom. The molecule has 3 aromatic rings. The summed E-state index contributed by atoms with van der Waals surface area (Å²) in [5, 5.41) is 2.92. The molecule has 0 radical (unpaired) electrons. The van der Waals surface area contributed by atoms with Gasteiger partial charge in [0.15, 0.2) is 6.10 Å². The Morgan fingerprint density at radius 1 is 0.788 bits per heavy atom. The van der Waals surface area contributed by atoms with Crippen molar-refractivity contribution in [1.82, 2.24) is 0 Å². The van der Waals surface area contributed by atoms with Gasteiger partial charge in [0.1, 0.15) is 11.5 Å². The summed E-state index contributed by atoms with van der Waals surface area (Å²) >= 11 is 0. The quantitative estimate of drug-likeness (QED) is 0.339. The Balaban J connectivity index is 1.59. The van der Waals surface area contributed by atoms with Crippen LogP contribution in [-0.2, 0) is 4.79 Å². The molecule has 0 fully saturated rings. The van der Waals surface area contributed by atoms with E-state index in [1.54, 1.807) is 31.2 Å². The van der Waals surface area contributed by atoms with Gasteiger partial charge in [-0.3, -0.25) is 4.79 Å². The number of rotatable bonds is 7. The first kappa shape index (κ1) is 24.1. The lowest BCUT2D eigenvalue weighted by molar-refractivity contribution is -0.141. The van der Waals surface area contributed by atoms with E-state index >= 15 is 0 Å². The Kier molecular flexibility index (Phi) is 7.54. The van der Waals surface area contributed by atoms with E-state index in [2.05, 4.69) is 19.2 Å². The number of nitrogens with one attached hydrogen (secondary N) is 1. The first-order valence-corrected chi connectivity index (χ1v) is 11.1. The molecule has 33 heavy (non-hydrogen) atoms. The fourth-order valence-electron chi connectivity index (χ4n) is 3.56. The zero-order valence-corrected chi connectivity index (χ0v) is 20.1. The summed E-state index contributed by atoms with van der Waals surface area (Å²) in [5.74, 6) is 0.670. The maximum absolute atomic E-state index is 12.6. The van der Waals surface area contributed by atoms with E-state index in [-0.39, 0.29) is 5.91 Å². The zero-order valence-electron chi connectivity index (χ0n) is 20.1. The third-order valence-electron chi connectivity index (χ3n) is 5.48. The summed E-state index contributed by atoms with van der Waals surface area (Å²) in [4.78, 5) is 25.1. The van der Waals surface area contributed by atoms with Crippen molar-refractivity contribution in [3.05, 3.63) is 88.5 Å². The molecule has 0 aliphatic rings. The molecule has 3 aromatic carbocycles. The second kappa shape index (κ2) is 10.3. The summed E-state index contributed by atoms with van der Waals surface area (Å²) in [5.41, 5.74) is 5.68. The summed E-state index contributed by atoms with van der Waals surface area (Å²) in [6, 6.07) is 18.2. The fourth-order valence-corrected chi connectivity index (χ4v) is 3.56. The van der Waals surface area contributed by atoms with Crippen molar-refractivity contribution in [3.8, 4) is 11.5 Å². The van der Waals surface area contributed by atoms with E-state index in [0.29, 0.717) is 23.0 Å². The number of hydrogen-bond donors (Lipinski definition) is 1. The van der Waals surface area contributed by atoms with E-state index in [1.165, 1.54) is 5.56 Å². The van der Waals surface area contributed by atoms with Crippen LogP contribution in [0.5, 0.6) is 11.5 Å². The average Bonchev–Trinajstić information content (AvgIpc) is 2.76. The largest absolute Gasteiger partial charge is 0.479 e. The first-order chi connectivity index (χ1) is 15.6. The number of carbonyl (C=O) groups excluding carboxylic acids is 2. The third kappa shape index (κ3) is 6.22. The predicted molar refractivity (Wildman–Crippen MR) is 131 cm³/mol. The van der Waals surface area contributed by atoms with E-state index in [0.717, 1.165) is 22.4 Å². The van der Waals surface area contributed by atoms with Gasteiger partial charge in [-0.05, 0) is 98.3 Å². The maximum atomic E-state index is 12.6. The van der Waals surface area contributed by atoms with Gasteiger partial charge in [0.05, 0.1) is 0 Å². The molecule has 0 bridgehead atoms. The molecule has 0 aliphatic carbocycles. The molecule has 0 saturated carbocycles. The van der Waals surface area contributed by atoms with E-state index < -0.39 is 12.1 Å². The SMILES string of the molecule is Cc1ccc(C)c(NC(=O)c2ccc(OC(=O)C(C)Oc3ccc(C(C)C)c(C)c3)cc2)c1. The van der Waals surface area contributed by atoms with Gasteiger partial charge in [-0.2, -0.15) is 0 Å². The molecule has 1 unspecified atom stereocenters. The topological polar surface area (TPSA) is 64.6 Å². The van der Waals surface area contributed by atoms with Crippen LogP contribution in [-0.4, -0.2) is 18.0 Å². The summed E-state index contributed by atoms with van der Waals surface area (Å²) in [6.07, 6.45) is -0.776. The minimum absolute atomic E-state index is 0.224. The number of ether oxygens (including phenoxy) is 2. The summed E-state index contributed by atoms with van der Waals surface area (Å²) in [6.45, 7) is 11.9. The molecule has 5 heteroatoms. The molecule has 5 nitrogen and oxygen atoms in total. The van der Waals surface area contributed by atoms with Gasteiger partial charge in [0.25, 0.3) is 5.91 Å². The Morgan fingerprint density at radius 3 is 2.09 bits per heavy atom. The molecule has 1 atom stereocenters. The van der Waals surface area contributed by atoms with Crippen molar-refractivity contribution in [3.63, 3.8) is 0 Å². The Bertz CT molecular complexity index is 1150. The van der Waals surface area contributed by atoms with Crippen LogP contribution in [0.25, 0.3) is 0 Å². The molecule has 0 spiro atoms. The predicted octanol–water partition coefficient (Wildman–Crippen LogP) is 6.36. The van der Waals surface area contributed by atoms with Crippen molar-refractivity contribution < 1.29 is 19.1 Å². The summed E-state index contributed by atoms with van der Waals surface area (Å²) < 4.78 is 11.2. The Labute approximate surface area is 195 Å². The van der Waals surface area contributed by atoms with Crippen LogP contribution in [0, 0.1) is 20.8 Å². The number of carbonyl (C=O) groups is 2. The fraction of sp³-hybridized carbons (Fsp3) is 0.286. The van der Waals surface area contributed by atoms with Gasteiger partial charge < -0.3 is 14.8 Å². The smallest absolute Gasteiger partial charge is 0.352 e. The molecule has 0 heterocycles. The number of aryl methyl sites for hydroxylation is 3. The molecule has 0 aromatic heterocycles. The van der Waals surface area contributed by atoms with E-state index in [1.807, 2.05) is 57.2 Å². The highest BCUT2D eigenvalue weighted by molar-refractivity contribution is 6.04. The zero-order chi connectivity index (χ0) is 24.1. The van der Waals surface area contributed by atoms with Crippen molar-refractivity contribution in [2.75, 3.05) is 5.32 Å². The van der Waals surface area contributed by atoms with Crippen LogP contribution < -0.4 is 14.8 Å². The van der Waals surface area contributed by atoms with Gasteiger partial charge >= 0.3 is 5.97 Å². The van der Waals surface area contributed by atoms with Crippen LogP contribution in [0.1, 0.15) is 59.3 Å². The highest BCUT2D eigenvalue weighted by atomic mass is 16.6. The molecule has 172 valence electrons. The minimum Gasteiger partial charge on any atom is -0.479 e. The maximum Gasteiger partial charge on any atom is 0.352 e. The summed E-state index contributed by atoms with van der Waals surface area (Å²) in [7, 11) is 0. The van der Waals surface area contributed by atoms with Crippen molar-refractivity contribution in [2.45, 2.75) is 53.6 Å². The first-order valence-electron chi connectivity index (χ1n) is 11.1. The minimum atomic E-state index is -0.776. The van der Waals surface area contributed by atoms with E-state index in [9.17, 15) is 9.59 Å². The number of hydrogen-bond acceptors (Lipinski definition) is 4. The normalized spacial score (nSPS) is 11.7. The number of amides is 1. The molecule has 1 amide bonds. The van der Waals surface area contributed by atoms with Crippen molar-refractivity contribution in [1.29, 1.82) is 0 Å². The van der Waals surface area contributed by atoms with Gasteiger partial charge in [-0.15, -0.1) is 0 Å². The Hall–Kier alpha value is -3.60. The average molecular weight is 446 g/mol. The molecule has 3 rings (SSSR count). The van der Waals surface area contributed by atoms with Gasteiger partial charge in [0, 0.05) is 11.3 Å². The standard InChI is InChI=1S/C28H31NO4/c1-17(2)25-14-13-24(16-20(25)5)32-21(6)28(31)33-23-11-9-22(10-12-23)27(30)29-26-15-18(3)7-8-19(26)4/h7-17,21H,1-6H3,(H,29,30). The lowest BCUT2D eigenvalue weighted by atomic mass is 9.98. The molecule has 0 saturated heterocycles. The van der Waals surface area contributed by atoms with Crippen LogP contribution >= 0.6 is 0 Å². The highest BCUT2D eigenvalue weighted by Crippen LogP contribution is 2.24. The van der Waals surface area contributed by atoms with Crippen LogP contribution in [0.3, 0.4) is 0 Å². The number of anilines is 1. The van der Waals surface area contributed by atoms with Gasteiger partial charge in [-0.25, -0.2) is 4.79 Å². The molecular weight excluding hydrogens is 414 g/mol. The number of benzene rings is 3. The second-order valence-corrected chi connectivity index (χ2v) is 8.65. The second-order valence-electron chi connectivity index (χ2n) is 8.65. The third-order valence-corrected chi connectivity index (χ3v) is 5.48. The molecule has 0 aliphatic heterocycles. The van der Waals surface area contributed by atoms with Crippen LogP contribution in [0.15, 0.2) is 60.7 Å². The molecular formula is C28H31NO4. The lowest BCUT2D eigenvalue weighted by Gasteiger charge is -2.16. The van der Waals surface area contributed by atoms with Crippen LogP contribution in [0.4, 0.5) is 5.69 Å². The van der Waals surface area contributed by atoms with Gasteiger partial charge in [-0.1, -0.05) is 32.0 Å². The monoisotopic (exact) mass is 445 g/mol. The van der Waals surface area contributed by atoms with Crippen molar-refractivity contribution in [2.24, 2.45) is 0 Å². The number of esters is 1. The van der Waals surface area contributed by atoms with Crippen LogP contribution in [0.2, 0.25) is 0 Å². The van der Waals surface area contributed by atoms with Crippen molar-refractivity contribution >= 4 is 17.6 Å². The van der Waals surface area contributed by atoms with E-state index in [4.69, 9.17) is 9.47 Å².